The zero-order valence-electron chi connectivity index (χ0n) is 9.47. The molecule has 0 bridgehead atoms. The van der Waals surface area contributed by atoms with Crippen LogP contribution >= 0.6 is 11.8 Å². The summed E-state index contributed by atoms with van der Waals surface area (Å²) >= 11 is 1.58. The first kappa shape index (κ1) is 13.3. The average molecular weight is 264 g/mol. The van der Waals surface area contributed by atoms with Crippen molar-refractivity contribution in [2.24, 2.45) is 7.05 Å². The van der Waals surface area contributed by atoms with Gasteiger partial charge in [-0.1, -0.05) is 0 Å². The molecule has 3 N–H and O–H groups in total. The Bertz CT molecular complexity index is 435. The van der Waals surface area contributed by atoms with Crippen LogP contribution in [0.5, 0.6) is 0 Å². The molecule has 1 rings (SSSR count). The minimum atomic E-state index is -3.59. The number of hydrogen-bond donors (Lipinski definition) is 2. The molecule has 0 spiro atoms. The Labute approximate surface area is 99.7 Å². The van der Waals surface area contributed by atoms with Crippen LogP contribution in [0.3, 0.4) is 0 Å². The number of thioether (sulfide) groups is 1. The van der Waals surface area contributed by atoms with Gasteiger partial charge in [0.1, 0.15) is 0 Å². The molecule has 1 heterocycles. The Morgan fingerprint density at radius 3 is 2.75 bits per heavy atom. The molecule has 0 saturated heterocycles. The van der Waals surface area contributed by atoms with Gasteiger partial charge in [-0.15, -0.1) is 0 Å². The molecular formula is C8H16N4O2S2. The first-order valence-corrected chi connectivity index (χ1v) is 7.54. The number of imidazole rings is 1. The normalized spacial score (nSPS) is 13.9. The maximum absolute atomic E-state index is 12.0. The second-order valence-corrected chi connectivity index (χ2v) is 6.06. The summed E-state index contributed by atoms with van der Waals surface area (Å²) in [5, 5.41) is 0.0143. The van der Waals surface area contributed by atoms with Crippen LogP contribution < -0.4 is 10.5 Å². The highest BCUT2D eigenvalue weighted by molar-refractivity contribution is 7.98. The number of nitrogens with two attached hydrogens (primary N) is 1. The van der Waals surface area contributed by atoms with Crippen molar-refractivity contribution in [3.8, 4) is 0 Å². The standard InChI is InChI=1S/C8H16N4O2S2/c1-6(4-15-3)11-16(13,14)8-7(9)10-5-12(8)2/h5-6,11H,4,9H2,1-3H3. The third-order valence-corrected chi connectivity index (χ3v) is 4.49. The number of sulfonamides is 1. The summed E-state index contributed by atoms with van der Waals surface area (Å²) in [5.41, 5.74) is 5.52. The van der Waals surface area contributed by atoms with Crippen LogP contribution in [-0.4, -0.2) is 36.0 Å². The predicted molar refractivity (Wildman–Crippen MR) is 65.8 cm³/mol. The molecule has 0 aliphatic rings. The van der Waals surface area contributed by atoms with E-state index in [-0.39, 0.29) is 16.9 Å². The van der Waals surface area contributed by atoms with Crippen molar-refractivity contribution in [2.75, 3.05) is 17.7 Å². The van der Waals surface area contributed by atoms with E-state index in [1.165, 1.54) is 10.9 Å². The van der Waals surface area contributed by atoms with E-state index in [1.807, 2.05) is 6.26 Å². The van der Waals surface area contributed by atoms with Gasteiger partial charge in [-0.25, -0.2) is 18.1 Å². The van der Waals surface area contributed by atoms with Crippen molar-refractivity contribution in [2.45, 2.75) is 18.0 Å². The zero-order chi connectivity index (χ0) is 12.3. The van der Waals surface area contributed by atoms with E-state index in [0.29, 0.717) is 5.75 Å². The molecule has 8 heteroatoms. The molecule has 0 aromatic carbocycles. The van der Waals surface area contributed by atoms with Crippen molar-refractivity contribution in [3.63, 3.8) is 0 Å². The Hall–Kier alpha value is -0.730. The summed E-state index contributed by atoms with van der Waals surface area (Å²) < 4.78 is 27.9. The maximum atomic E-state index is 12.0. The van der Waals surface area contributed by atoms with Gasteiger partial charge in [0.2, 0.25) is 0 Å². The zero-order valence-corrected chi connectivity index (χ0v) is 11.1. The molecule has 0 fully saturated rings. The van der Waals surface area contributed by atoms with Crippen LogP contribution in [-0.2, 0) is 17.1 Å². The third-order valence-electron chi connectivity index (χ3n) is 1.94. The van der Waals surface area contributed by atoms with Crippen molar-refractivity contribution >= 4 is 27.6 Å². The summed E-state index contributed by atoms with van der Waals surface area (Å²) in [5.74, 6) is 0.725. The molecule has 16 heavy (non-hydrogen) atoms. The molecular weight excluding hydrogens is 248 g/mol. The topological polar surface area (TPSA) is 90.0 Å². The quantitative estimate of drug-likeness (QED) is 0.783. The molecule has 92 valence electrons. The van der Waals surface area contributed by atoms with Gasteiger partial charge in [0.05, 0.1) is 6.33 Å². The lowest BCUT2D eigenvalue weighted by Crippen LogP contribution is -2.35. The first-order valence-electron chi connectivity index (χ1n) is 4.66. The number of anilines is 1. The number of hydrogen-bond acceptors (Lipinski definition) is 5. The Balaban J connectivity index is 2.95. The maximum Gasteiger partial charge on any atom is 0.260 e. The molecule has 0 amide bonds. The highest BCUT2D eigenvalue weighted by Crippen LogP contribution is 2.15. The van der Waals surface area contributed by atoms with Crippen LogP contribution in [0, 0.1) is 0 Å². The highest BCUT2D eigenvalue weighted by Gasteiger charge is 2.23. The predicted octanol–water partition coefficient (Wildman–Crippen LogP) is 0.0321. The summed E-state index contributed by atoms with van der Waals surface area (Å²) in [6, 6.07) is -0.144. The average Bonchev–Trinajstić information content (AvgIpc) is 2.45. The lowest BCUT2D eigenvalue weighted by molar-refractivity contribution is 0.562. The second-order valence-electron chi connectivity index (χ2n) is 3.52. The minimum absolute atomic E-state index is 0.0143. The molecule has 6 nitrogen and oxygen atoms in total. The number of nitrogens with zero attached hydrogens (tertiary/aromatic N) is 2. The molecule has 1 atom stereocenters. The van der Waals surface area contributed by atoms with Crippen molar-refractivity contribution in [3.05, 3.63) is 6.33 Å². The van der Waals surface area contributed by atoms with Crippen LogP contribution in [0.15, 0.2) is 11.4 Å². The number of aryl methyl sites for hydroxylation is 1. The monoisotopic (exact) mass is 264 g/mol. The van der Waals surface area contributed by atoms with Crippen LogP contribution in [0.4, 0.5) is 5.82 Å². The molecule has 0 aliphatic carbocycles. The smallest absolute Gasteiger partial charge is 0.260 e. The Morgan fingerprint density at radius 2 is 2.31 bits per heavy atom. The van der Waals surface area contributed by atoms with E-state index < -0.39 is 10.0 Å². The van der Waals surface area contributed by atoms with Crippen molar-refractivity contribution in [1.29, 1.82) is 0 Å². The lowest BCUT2D eigenvalue weighted by Gasteiger charge is -2.13. The van der Waals surface area contributed by atoms with Gasteiger partial charge in [-0.3, -0.25) is 0 Å². The van der Waals surface area contributed by atoms with Gasteiger partial charge >= 0.3 is 0 Å². The minimum Gasteiger partial charge on any atom is -0.381 e. The summed E-state index contributed by atoms with van der Waals surface area (Å²) in [6.07, 6.45) is 3.30. The number of nitrogen functional groups attached to an aromatic ring is 1. The van der Waals surface area contributed by atoms with E-state index in [9.17, 15) is 8.42 Å². The van der Waals surface area contributed by atoms with Crippen LogP contribution in [0.25, 0.3) is 0 Å². The van der Waals surface area contributed by atoms with Gasteiger partial charge in [0.25, 0.3) is 10.0 Å². The fourth-order valence-corrected chi connectivity index (χ4v) is 3.54. The molecule has 0 radical (unpaired) electrons. The fourth-order valence-electron chi connectivity index (χ4n) is 1.37. The number of aromatic nitrogens is 2. The van der Waals surface area contributed by atoms with E-state index in [1.54, 1.807) is 25.7 Å². The summed E-state index contributed by atoms with van der Waals surface area (Å²) in [4.78, 5) is 3.75. The molecule has 0 saturated carbocycles. The van der Waals surface area contributed by atoms with Gasteiger partial charge in [0, 0.05) is 18.8 Å². The van der Waals surface area contributed by atoms with E-state index >= 15 is 0 Å². The fraction of sp³-hybridized carbons (Fsp3) is 0.625. The highest BCUT2D eigenvalue weighted by atomic mass is 32.2. The van der Waals surface area contributed by atoms with E-state index in [4.69, 9.17) is 5.73 Å². The van der Waals surface area contributed by atoms with Crippen LogP contribution in [0.2, 0.25) is 0 Å². The Kier molecular flexibility index (Phi) is 4.22. The van der Waals surface area contributed by atoms with E-state index in [2.05, 4.69) is 9.71 Å². The lowest BCUT2D eigenvalue weighted by atomic mass is 10.4. The van der Waals surface area contributed by atoms with Gasteiger partial charge in [-0.2, -0.15) is 11.8 Å². The van der Waals surface area contributed by atoms with Crippen molar-refractivity contribution < 1.29 is 8.42 Å². The summed E-state index contributed by atoms with van der Waals surface area (Å²) in [6.45, 7) is 1.81. The van der Waals surface area contributed by atoms with Gasteiger partial charge in [0.15, 0.2) is 10.8 Å². The van der Waals surface area contributed by atoms with Gasteiger partial charge < -0.3 is 10.3 Å². The molecule has 1 aromatic heterocycles. The molecule has 1 unspecified atom stereocenters. The van der Waals surface area contributed by atoms with Gasteiger partial charge in [-0.05, 0) is 13.2 Å². The Morgan fingerprint density at radius 1 is 1.69 bits per heavy atom. The number of rotatable bonds is 5. The first-order chi connectivity index (χ1) is 7.38. The SMILES string of the molecule is CSCC(C)NS(=O)(=O)c1c(N)ncn1C. The van der Waals surface area contributed by atoms with E-state index in [0.717, 1.165) is 0 Å². The largest absolute Gasteiger partial charge is 0.381 e. The number of nitrogens with one attached hydrogen (secondary N) is 1. The van der Waals surface area contributed by atoms with Crippen molar-refractivity contribution in [1.82, 2.24) is 14.3 Å². The van der Waals surface area contributed by atoms with Crippen LogP contribution in [0.1, 0.15) is 6.92 Å². The third kappa shape index (κ3) is 2.89. The molecule has 0 aliphatic heterocycles. The summed E-state index contributed by atoms with van der Waals surface area (Å²) in [7, 11) is -1.99. The second kappa shape index (κ2) is 5.07. The molecule has 1 aromatic rings.